The van der Waals surface area contributed by atoms with E-state index in [9.17, 15) is 8.78 Å². The van der Waals surface area contributed by atoms with Crippen LogP contribution in [0.5, 0.6) is 0 Å². The van der Waals surface area contributed by atoms with Crippen LogP contribution in [0.15, 0.2) is 0 Å². The van der Waals surface area contributed by atoms with Gasteiger partial charge in [-0.2, -0.15) is 0 Å². The molecule has 1 aromatic rings. The molecule has 0 atom stereocenters. The molecule has 7 heteroatoms. The van der Waals surface area contributed by atoms with E-state index in [1.165, 1.54) is 0 Å². The Balaban J connectivity index is 3.28. The van der Waals surface area contributed by atoms with Gasteiger partial charge in [-0.3, -0.25) is 0 Å². The Morgan fingerprint density at radius 3 is 2.17 bits per heavy atom. The van der Waals surface area contributed by atoms with Crippen molar-refractivity contribution in [2.24, 2.45) is 0 Å². The van der Waals surface area contributed by atoms with Crippen molar-refractivity contribution >= 4 is 34.8 Å². The van der Waals surface area contributed by atoms with Crippen molar-refractivity contribution in [3.8, 4) is 0 Å². The summed E-state index contributed by atoms with van der Waals surface area (Å²) in [7, 11) is 0. The molecule has 66 valence electrons. The lowest BCUT2D eigenvalue weighted by Crippen LogP contribution is -1.95. The van der Waals surface area contributed by atoms with E-state index in [1.807, 2.05) is 0 Å². The molecule has 0 unspecified atom stereocenters. The maximum absolute atomic E-state index is 12.1. The van der Waals surface area contributed by atoms with E-state index in [-0.39, 0.29) is 15.5 Å². The molecule has 0 fully saturated rings. The summed E-state index contributed by atoms with van der Waals surface area (Å²) in [6, 6.07) is 0. The van der Waals surface area contributed by atoms with E-state index in [2.05, 4.69) is 9.97 Å². The Hall–Kier alpha value is -0.190. The summed E-state index contributed by atoms with van der Waals surface area (Å²) in [5.74, 6) is 0. The summed E-state index contributed by atoms with van der Waals surface area (Å²) in [4.78, 5) is 6.59. The Kier molecular flexibility index (Phi) is 3.04. The number of alkyl halides is 2. The van der Waals surface area contributed by atoms with Crippen molar-refractivity contribution in [3.05, 3.63) is 21.2 Å². The van der Waals surface area contributed by atoms with Gasteiger partial charge in [-0.25, -0.2) is 18.7 Å². The molecule has 1 heterocycles. The third kappa shape index (κ3) is 1.94. The highest BCUT2D eigenvalue weighted by Crippen LogP contribution is 2.30. The third-order valence-electron chi connectivity index (χ3n) is 1.02. The van der Waals surface area contributed by atoms with Crippen LogP contribution in [0, 0.1) is 0 Å². The van der Waals surface area contributed by atoms with Gasteiger partial charge >= 0.3 is 0 Å². The van der Waals surface area contributed by atoms with E-state index in [4.69, 9.17) is 34.8 Å². The van der Waals surface area contributed by atoms with Gasteiger partial charge in [-0.15, -0.1) is 0 Å². The highest BCUT2D eigenvalue weighted by molar-refractivity contribution is 6.42. The van der Waals surface area contributed by atoms with Crippen molar-refractivity contribution in [1.82, 2.24) is 9.97 Å². The van der Waals surface area contributed by atoms with Gasteiger partial charge in [-0.05, 0) is 11.6 Å². The van der Waals surface area contributed by atoms with Gasteiger partial charge in [0.15, 0.2) is 5.15 Å². The van der Waals surface area contributed by atoms with E-state index in [1.54, 1.807) is 0 Å². The Labute approximate surface area is 81.5 Å². The van der Waals surface area contributed by atoms with Crippen molar-refractivity contribution in [2.45, 2.75) is 6.43 Å². The molecule has 0 saturated heterocycles. The lowest BCUT2D eigenvalue weighted by Gasteiger charge is -2.02. The summed E-state index contributed by atoms with van der Waals surface area (Å²) < 4.78 is 24.2. The maximum atomic E-state index is 12.1. The zero-order valence-electron chi connectivity index (χ0n) is 5.36. The first kappa shape index (κ1) is 9.89. The Bertz CT molecular complexity index is 305. The number of nitrogens with zero attached hydrogens (tertiary/aromatic N) is 2. The van der Waals surface area contributed by atoms with Crippen LogP contribution in [0.4, 0.5) is 8.78 Å². The van der Waals surface area contributed by atoms with Crippen LogP contribution in [0.1, 0.15) is 12.1 Å². The van der Waals surface area contributed by atoms with Gasteiger partial charge in [0.1, 0.15) is 10.7 Å². The van der Waals surface area contributed by atoms with Crippen molar-refractivity contribution in [1.29, 1.82) is 0 Å². The molecule has 12 heavy (non-hydrogen) atoms. The second-order valence-corrected chi connectivity index (χ2v) is 2.86. The molecule has 0 aliphatic heterocycles. The molecule has 0 saturated carbocycles. The molecule has 0 N–H and O–H groups in total. The normalized spacial score (nSPS) is 10.8. The molecule has 0 aliphatic rings. The van der Waals surface area contributed by atoms with Gasteiger partial charge in [0.25, 0.3) is 6.43 Å². The highest BCUT2D eigenvalue weighted by Gasteiger charge is 2.18. The summed E-state index contributed by atoms with van der Waals surface area (Å²) in [5.41, 5.74) is -0.651. The van der Waals surface area contributed by atoms with Gasteiger partial charge in [0.2, 0.25) is 5.28 Å². The van der Waals surface area contributed by atoms with Crippen LogP contribution in [-0.2, 0) is 0 Å². The van der Waals surface area contributed by atoms with Crippen molar-refractivity contribution in [3.63, 3.8) is 0 Å². The lowest BCUT2D eigenvalue weighted by atomic mass is 10.4. The minimum absolute atomic E-state index is 0.271. The summed E-state index contributed by atoms with van der Waals surface area (Å²) >= 11 is 16.0. The Morgan fingerprint density at radius 1 is 1.08 bits per heavy atom. The largest absolute Gasteiger partial charge is 0.282 e. The second-order valence-electron chi connectivity index (χ2n) is 1.78. The number of halogens is 5. The standard InChI is InChI=1S/C5HCl3F2N2/c6-1-2(4(9)10)11-5(8)12-3(1)7/h4H. The zero-order chi connectivity index (χ0) is 9.30. The van der Waals surface area contributed by atoms with Gasteiger partial charge in [0, 0.05) is 0 Å². The topological polar surface area (TPSA) is 25.8 Å². The molecule has 0 aliphatic carbocycles. The quantitative estimate of drug-likeness (QED) is 0.549. The lowest BCUT2D eigenvalue weighted by molar-refractivity contribution is 0.146. The van der Waals surface area contributed by atoms with E-state index in [0.29, 0.717) is 0 Å². The first-order chi connectivity index (χ1) is 5.52. The van der Waals surface area contributed by atoms with Gasteiger partial charge in [0.05, 0.1) is 0 Å². The second kappa shape index (κ2) is 3.68. The van der Waals surface area contributed by atoms with E-state index < -0.39 is 12.1 Å². The fraction of sp³-hybridized carbons (Fsp3) is 0.200. The fourth-order valence-corrected chi connectivity index (χ4v) is 1.12. The molecular formula is C5HCl3F2N2. The smallest absolute Gasteiger partial charge is 0.215 e. The summed E-state index contributed by atoms with van der Waals surface area (Å²) in [6.45, 7) is 0. The van der Waals surface area contributed by atoms with Crippen LogP contribution in [0.25, 0.3) is 0 Å². The zero-order valence-corrected chi connectivity index (χ0v) is 7.63. The first-order valence-electron chi connectivity index (χ1n) is 2.69. The molecule has 1 rings (SSSR count). The first-order valence-corrected chi connectivity index (χ1v) is 3.82. The number of rotatable bonds is 1. The molecule has 0 aromatic carbocycles. The molecule has 0 spiro atoms. The fourth-order valence-electron chi connectivity index (χ4n) is 0.554. The van der Waals surface area contributed by atoms with Crippen LogP contribution in [0.2, 0.25) is 15.5 Å². The monoisotopic (exact) mass is 232 g/mol. The van der Waals surface area contributed by atoms with Gasteiger partial charge < -0.3 is 0 Å². The summed E-state index contributed by atoms with van der Waals surface area (Å²) in [6.07, 6.45) is -2.81. The maximum Gasteiger partial charge on any atom is 0.282 e. The van der Waals surface area contributed by atoms with Crippen LogP contribution < -0.4 is 0 Å². The van der Waals surface area contributed by atoms with Crippen molar-refractivity contribution < 1.29 is 8.78 Å². The molecule has 1 aromatic heterocycles. The number of aromatic nitrogens is 2. The minimum Gasteiger partial charge on any atom is -0.215 e. The van der Waals surface area contributed by atoms with Crippen LogP contribution in [0.3, 0.4) is 0 Å². The highest BCUT2D eigenvalue weighted by atomic mass is 35.5. The molecule has 0 amide bonds. The number of hydrogen-bond acceptors (Lipinski definition) is 2. The third-order valence-corrected chi connectivity index (χ3v) is 1.93. The molecule has 2 nitrogen and oxygen atoms in total. The predicted octanol–water partition coefficient (Wildman–Crippen LogP) is 3.37. The minimum atomic E-state index is -2.81. The van der Waals surface area contributed by atoms with E-state index in [0.717, 1.165) is 0 Å². The molecule has 0 radical (unpaired) electrons. The van der Waals surface area contributed by atoms with Gasteiger partial charge in [-0.1, -0.05) is 23.2 Å². The predicted molar refractivity (Wildman–Crippen MR) is 42.0 cm³/mol. The van der Waals surface area contributed by atoms with E-state index >= 15 is 0 Å². The SMILES string of the molecule is FC(F)c1nc(Cl)nc(Cl)c1Cl. The average molecular weight is 233 g/mol. The van der Waals surface area contributed by atoms with Crippen LogP contribution in [-0.4, -0.2) is 9.97 Å². The number of hydrogen-bond donors (Lipinski definition) is 0. The van der Waals surface area contributed by atoms with Crippen LogP contribution >= 0.6 is 34.8 Å². The van der Waals surface area contributed by atoms with Crippen molar-refractivity contribution in [2.75, 3.05) is 0 Å². The molecular weight excluding hydrogens is 232 g/mol. The molecule has 0 bridgehead atoms. The summed E-state index contributed by atoms with van der Waals surface area (Å²) in [5, 5.41) is -0.984. The Morgan fingerprint density at radius 2 is 1.67 bits per heavy atom. The average Bonchev–Trinajstić information content (AvgIpc) is 1.96.